The number of anilines is 1. The Morgan fingerprint density at radius 3 is 2.56 bits per heavy atom. The van der Waals surface area contributed by atoms with Gasteiger partial charge in [-0.25, -0.2) is 4.98 Å². The zero-order valence-electron chi connectivity index (χ0n) is 24.1. The van der Waals surface area contributed by atoms with Crippen molar-refractivity contribution in [3.63, 3.8) is 0 Å². The van der Waals surface area contributed by atoms with Crippen molar-refractivity contribution in [2.75, 3.05) is 19.9 Å². The molecule has 5 unspecified atom stereocenters. The number of nitrogens with one attached hydrogen (secondary N) is 1. The van der Waals surface area contributed by atoms with Crippen molar-refractivity contribution >= 4 is 23.2 Å². The summed E-state index contributed by atoms with van der Waals surface area (Å²) in [4.78, 5) is 27.6. The number of nitrogens with zero attached hydrogens (tertiary/aromatic N) is 7. The van der Waals surface area contributed by atoms with E-state index >= 15 is 0 Å². The number of likely N-dealkylation sites (N-methyl/N-ethyl adjacent to an activating group) is 1. The molecule has 3 aromatic heterocycles. The number of nitrogen functional groups attached to an aromatic ring is 1. The summed E-state index contributed by atoms with van der Waals surface area (Å²) in [6.07, 6.45) is 8.58. The van der Waals surface area contributed by atoms with E-state index < -0.39 is 6.35 Å². The summed E-state index contributed by atoms with van der Waals surface area (Å²) in [6, 6.07) is 14.7. The SMILES string of the molecule is COC1NN=C(C(=O)N2C3CCC34C(c3nc5c(-c6ccc(-c7ccccc7)nc6)cnn5c(N)c3C3CC3)CC24)N1C. The van der Waals surface area contributed by atoms with E-state index in [2.05, 4.69) is 33.6 Å². The van der Waals surface area contributed by atoms with Crippen molar-refractivity contribution in [3.8, 4) is 22.4 Å². The highest BCUT2D eigenvalue weighted by molar-refractivity contribution is 6.38. The number of aromatic nitrogens is 4. The number of piperidine rings is 2. The number of hydrogen-bond acceptors (Lipinski definition) is 9. The highest BCUT2D eigenvalue weighted by atomic mass is 16.5. The van der Waals surface area contributed by atoms with Crippen LogP contribution in [0, 0.1) is 5.41 Å². The van der Waals surface area contributed by atoms with Gasteiger partial charge >= 0.3 is 0 Å². The lowest BCUT2D eigenvalue weighted by Gasteiger charge is -2.79. The molecule has 9 rings (SSSR count). The van der Waals surface area contributed by atoms with E-state index in [1.807, 2.05) is 48.2 Å². The van der Waals surface area contributed by atoms with Crippen LogP contribution >= 0.6 is 0 Å². The number of nitrogens with two attached hydrogens (primary N) is 1. The summed E-state index contributed by atoms with van der Waals surface area (Å²) < 4.78 is 7.19. The molecule has 218 valence electrons. The standard InChI is InChI=1S/C32H33N9O2/c1-39-29(37-38-31(39)43-2)30(42)40-23-12-13-32(23)21(14-24(32)40)26-25(18-8-9-18)27(33)41-28(36-26)20(16-35-41)19-10-11-22(34-15-19)17-6-4-3-5-7-17/h3-7,10-11,15-16,18,21,23-24,31,38H,8-9,12-14,33H2,1-2H3. The van der Waals surface area contributed by atoms with Gasteiger partial charge in [-0.05, 0) is 44.1 Å². The molecule has 5 heterocycles. The Balaban J connectivity index is 1.06. The number of pyridine rings is 1. The largest absolute Gasteiger partial charge is 0.383 e. The summed E-state index contributed by atoms with van der Waals surface area (Å²) in [5.41, 5.74) is 16.8. The number of fused-ring (bicyclic) bond motifs is 1. The Hall–Kier alpha value is -4.51. The molecule has 3 aliphatic carbocycles. The van der Waals surface area contributed by atoms with E-state index in [0.29, 0.717) is 17.6 Å². The normalized spacial score (nSPS) is 28.7. The van der Waals surface area contributed by atoms with Gasteiger partial charge in [0.05, 0.1) is 17.6 Å². The molecule has 2 aliphatic heterocycles. The third-order valence-corrected chi connectivity index (χ3v) is 10.7. The number of carbonyl (C=O) groups excluding carboxylic acids is 1. The van der Waals surface area contributed by atoms with Gasteiger partial charge in [-0.15, -0.1) is 0 Å². The molecule has 0 radical (unpaired) electrons. The van der Waals surface area contributed by atoms with E-state index in [1.54, 1.807) is 12.0 Å². The van der Waals surface area contributed by atoms with Crippen molar-refractivity contribution in [1.82, 2.24) is 34.8 Å². The molecule has 5 atom stereocenters. The van der Waals surface area contributed by atoms with Crippen LogP contribution in [0.4, 0.5) is 5.82 Å². The van der Waals surface area contributed by atoms with Gasteiger partial charge in [0.2, 0.25) is 12.2 Å². The Morgan fingerprint density at radius 1 is 1.07 bits per heavy atom. The van der Waals surface area contributed by atoms with Crippen LogP contribution in [0.2, 0.25) is 0 Å². The van der Waals surface area contributed by atoms with Gasteiger partial charge in [0, 0.05) is 66.0 Å². The molecule has 3 saturated carbocycles. The van der Waals surface area contributed by atoms with Crippen molar-refractivity contribution in [1.29, 1.82) is 0 Å². The highest BCUT2D eigenvalue weighted by Gasteiger charge is 2.77. The summed E-state index contributed by atoms with van der Waals surface area (Å²) >= 11 is 0. The maximum absolute atomic E-state index is 13.6. The summed E-state index contributed by atoms with van der Waals surface area (Å²) in [5.74, 6) is 1.79. The molecule has 3 N–H and O–H groups in total. The minimum absolute atomic E-state index is 0.0202. The number of methoxy groups -OCH3 is 1. The van der Waals surface area contributed by atoms with Gasteiger partial charge < -0.3 is 20.3 Å². The Labute approximate surface area is 248 Å². The second kappa shape index (κ2) is 8.76. The van der Waals surface area contributed by atoms with E-state index in [9.17, 15) is 4.79 Å². The van der Waals surface area contributed by atoms with E-state index in [0.717, 1.165) is 65.8 Å². The summed E-state index contributed by atoms with van der Waals surface area (Å²) in [7, 11) is 3.43. The van der Waals surface area contributed by atoms with Crippen molar-refractivity contribution < 1.29 is 9.53 Å². The lowest BCUT2D eigenvalue weighted by atomic mass is 9.37. The van der Waals surface area contributed by atoms with Gasteiger partial charge in [-0.3, -0.25) is 15.2 Å². The first-order chi connectivity index (χ1) is 21.0. The number of hydrazone groups is 1. The van der Waals surface area contributed by atoms with Gasteiger partial charge in [-0.1, -0.05) is 36.4 Å². The molecular formula is C32H33N9O2. The topological polar surface area (TPSA) is 126 Å². The fourth-order valence-corrected chi connectivity index (χ4v) is 8.25. The van der Waals surface area contributed by atoms with Crippen LogP contribution in [0.25, 0.3) is 28.0 Å². The number of hydrogen-bond donors (Lipinski definition) is 2. The molecule has 4 aromatic rings. The molecule has 1 amide bonds. The van der Waals surface area contributed by atoms with E-state index in [1.165, 1.54) is 5.56 Å². The number of rotatable bonds is 6. The van der Waals surface area contributed by atoms with Crippen molar-refractivity contribution in [2.24, 2.45) is 10.5 Å². The first kappa shape index (κ1) is 25.0. The quantitative estimate of drug-likeness (QED) is 0.358. The van der Waals surface area contributed by atoms with E-state index in [-0.39, 0.29) is 29.3 Å². The molecule has 43 heavy (non-hydrogen) atoms. The predicted molar refractivity (Wildman–Crippen MR) is 161 cm³/mol. The Kier molecular flexibility index (Phi) is 5.10. The predicted octanol–water partition coefficient (Wildman–Crippen LogP) is 3.54. The smallest absolute Gasteiger partial charge is 0.291 e. The summed E-state index contributed by atoms with van der Waals surface area (Å²) in [5, 5.41) is 8.99. The first-order valence-corrected chi connectivity index (χ1v) is 15.1. The fourth-order valence-electron chi connectivity index (χ4n) is 8.25. The lowest BCUT2D eigenvalue weighted by Crippen LogP contribution is -2.86. The van der Waals surface area contributed by atoms with Gasteiger partial charge in [-0.2, -0.15) is 14.7 Å². The average Bonchev–Trinajstić information content (AvgIpc) is 3.63. The maximum atomic E-state index is 13.6. The van der Waals surface area contributed by atoms with Crippen LogP contribution in [0.1, 0.15) is 55.2 Å². The lowest BCUT2D eigenvalue weighted by molar-refractivity contribution is -0.267. The first-order valence-electron chi connectivity index (χ1n) is 15.1. The minimum Gasteiger partial charge on any atom is -0.383 e. The molecular weight excluding hydrogens is 542 g/mol. The zero-order chi connectivity index (χ0) is 29.0. The van der Waals surface area contributed by atoms with Gasteiger partial charge in [0.25, 0.3) is 5.91 Å². The molecule has 1 spiro atoms. The monoisotopic (exact) mass is 575 g/mol. The maximum Gasteiger partial charge on any atom is 0.291 e. The summed E-state index contributed by atoms with van der Waals surface area (Å²) in [6.45, 7) is 0. The van der Waals surface area contributed by atoms with Crippen LogP contribution in [-0.2, 0) is 9.53 Å². The molecule has 1 saturated heterocycles. The number of ether oxygens (including phenoxy) is 1. The number of likely N-dealkylation sites (tertiary alicyclic amines) is 1. The zero-order valence-corrected chi connectivity index (χ0v) is 24.1. The second-order valence-electron chi connectivity index (χ2n) is 12.6. The third kappa shape index (κ3) is 3.25. The van der Waals surface area contributed by atoms with Crippen molar-refractivity contribution in [3.05, 3.63) is 66.1 Å². The number of amides is 1. The van der Waals surface area contributed by atoms with Crippen LogP contribution in [0.3, 0.4) is 0 Å². The molecule has 4 fully saturated rings. The molecule has 1 aromatic carbocycles. The van der Waals surface area contributed by atoms with Crippen LogP contribution in [-0.4, -0.2) is 73.7 Å². The fraction of sp³-hybridized carbons (Fsp3) is 0.406. The highest BCUT2D eigenvalue weighted by Crippen LogP contribution is 2.74. The molecule has 11 nitrogen and oxygen atoms in total. The minimum atomic E-state index is -0.421. The van der Waals surface area contributed by atoms with E-state index in [4.69, 9.17) is 25.5 Å². The Bertz CT molecular complexity index is 1810. The average molecular weight is 576 g/mol. The van der Waals surface area contributed by atoms with Crippen LogP contribution in [0.15, 0.2) is 60.0 Å². The van der Waals surface area contributed by atoms with Crippen LogP contribution in [0.5, 0.6) is 0 Å². The molecule has 0 bridgehead atoms. The molecule has 11 heteroatoms. The van der Waals surface area contributed by atoms with Gasteiger partial charge in [0.15, 0.2) is 5.65 Å². The van der Waals surface area contributed by atoms with Gasteiger partial charge in [0.1, 0.15) is 5.82 Å². The van der Waals surface area contributed by atoms with Crippen LogP contribution < -0.4 is 11.2 Å². The second-order valence-corrected chi connectivity index (χ2v) is 12.6. The van der Waals surface area contributed by atoms with Crippen molar-refractivity contribution in [2.45, 2.75) is 62.4 Å². The number of carbonyl (C=O) groups is 1. The third-order valence-electron chi connectivity index (χ3n) is 10.7. The number of benzene rings is 1. The number of amidine groups is 1. The molecule has 5 aliphatic rings. The Morgan fingerprint density at radius 2 is 1.91 bits per heavy atom.